The molecule has 0 saturated heterocycles. The van der Waals surface area contributed by atoms with Crippen molar-refractivity contribution < 1.29 is 19.1 Å². The topological polar surface area (TPSA) is 119 Å². The Labute approximate surface area is 281 Å². The minimum atomic E-state index is -0.609. The number of rotatable bonds is 8. The number of carbonyl (C=O) groups is 2. The van der Waals surface area contributed by atoms with Gasteiger partial charge in [-0.25, -0.2) is 19.3 Å². The highest BCUT2D eigenvalue weighted by Gasteiger charge is 2.22. The highest BCUT2D eigenvalue weighted by atomic mass is 16.6. The third kappa shape index (κ3) is 8.50. The number of fused-ring (bicyclic) bond motifs is 1. The zero-order valence-electron chi connectivity index (χ0n) is 28.8. The van der Waals surface area contributed by atoms with Crippen molar-refractivity contribution in [3.8, 4) is 11.4 Å². The molecule has 0 aliphatic carbocycles. The SMILES string of the molecule is Cc1ccc(-n2nc(C(C)(C)C)cc2NC(=O)Nc2ccc(OCC(C)c3ccnc(NC(=O)OC(C)(C)C)c3)c3ccccc23)cc1. The van der Waals surface area contributed by atoms with Crippen LogP contribution in [0.15, 0.2) is 85.1 Å². The van der Waals surface area contributed by atoms with Gasteiger partial charge in [-0.15, -0.1) is 0 Å². The number of anilines is 3. The van der Waals surface area contributed by atoms with Crippen LogP contribution in [0.3, 0.4) is 0 Å². The number of hydrogen-bond acceptors (Lipinski definition) is 6. The lowest BCUT2D eigenvalue weighted by atomic mass is 9.92. The Hall–Kier alpha value is -5.38. The summed E-state index contributed by atoms with van der Waals surface area (Å²) in [7, 11) is 0. The second kappa shape index (κ2) is 13.8. The quantitative estimate of drug-likeness (QED) is 0.154. The van der Waals surface area contributed by atoms with E-state index in [2.05, 4.69) is 41.7 Å². The fourth-order valence-corrected chi connectivity index (χ4v) is 5.04. The number of carbonyl (C=O) groups excluding carboxylic acids is 2. The van der Waals surface area contributed by atoms with Gasteiger partial charge in [0.05, 0.1) is 23.7 Å². The average Bonchev–Trinajstić information content (AvgIpc) is 3.44. The van der Waals surface area contributed by atoms with Gasteiger partial charge in [0.1, 0.15) is 23.0 Å². The molecule has 0 fully saturated rings. The molecule has 0 bridgehead atoms. The normalized spacial score (nSPS) is 12.3. The molecule has 0 aliphatic heterocycles. The number of nitrogens with one attached hydrogen (secondary N) is 3. The maximum atomic E-state index is 13.4. The summed E-state index contributed by atoms with van der Waals surface area (Å²) in [6.45, 7) is 16.2. The number of hydrogen-bond donors (Lipinski definition) is 3. The standard InChI is InChI=1S/C38H44N6O4/c1-24-13-15-27(16-14-24)44-34(22-32(43-44)37(3,4)5)42-35(45)40-30-17-18-31(29-12-10-9-11-28(29)30)47-23-25(2)26-19-20-39-33(21-26)41-36(46)48-38(6,7)8/h9-22,25H,23H2,1-8H3,(H,39,41,46)(H2,40,42,45). The van der Waals surface area contributed by atoms with E-state index in [1.807, 2.05) is 113 Å². The second-order valence-electron chi connectivity index (χ2n) is 14.0. The predicted molar refractivity (Wildman–Crippen MR) is 192 cm³/mol. The fraction of sp³-hybridized carbons (Fsp3) is 0.316. The second-order valence-corrected chi connectivity index (χ2v) is 14.0. The van der Waals surface area contributed by atoms with Crippen molar-refractivity contribution in [2.24, 2.45) is 0 Å². The number of urea groups is 1. The van der Waals surface area contributed by atoms with Gasteiger partial charge in [-0.3, -0.25) is 10.6 Å². The monoisotopic (exact) mass is 648 g/mol. The van der Waals surface area contributed by atoms with Crippen LogP contribution in [-0.2, 0) is 10.2 Å². The number of benzene rings is 3. The van der Waals surface area contributed by atoms with Crippen LogP contribution >= 0.6 is 0 Å². The van der Waals surface area contributed by atoms with E-state index in [0.717, 1.165) is 33.3 Å². The van der Waals surface area contributed by atoms with Crippen molar-refractivity contribution in [2.75, 3.05) is 22.6 Å². The van der Waals surface area contributed by atoms with E-state index in [-0.39, 0.29) is 17.4 Å². The molecule has 3 amide bonds. The summed E-state index contributed by atoms with van der Waals surface area (Å²) in [5.74, 6) is 1.66. The van der Waals surface area contributed by atoms with Gasteiger partial charge >= 0.3 is 12.1 Å². The summed E-state index contributed by atoms with van der Waals surface area (Å²) in [5, 5.41) is 15.3. The van der Waals surface area contributed by atoms with Crippen LogP contribution in [-0.4, -0.2) is 39.1 Å². The zero-order chi connectivity index (χ0) is 34.6. The van der Waals surface area contributed by atoms with Crippen LogP contribution in [0.1, 0.15) is 71.2 Å². The van der Waals surface area contributed by atoms with Crippen LogP contribution in [0, 0.1) is 6.92 Å². The Balaban J connectivity index is 1.30. The molecule has 1 unspecified atom stereocenters. The molecule has 1 atom stereocenters. The molecule has 5 rings (SSSR count). The molecule has 48 heavy (non-hydrogen) atoms. The lowest BCUT2D eigenvalue weighted by molar-refractivity contribution is 0.0635. The summed E-state index contributed by atoms with van der Waals surface area (Å²) in [6.07, 6.45) is 1.09. The Bertz CT molecular complexity index is 1920. The summed E-state index contributed by atoms with van der Waals surface area (Å²) in [4.78, 5) is 29.9. The maximum Gasteiger partial charge on any atom is 0.413 e. The molecule has 0 radical (unpaired) electrons. The third-order valence-corrected chi connectivity index (χ3v) is 7.60. The van der Waals surface area contributed by atoms with Gasteiger partial charge in [-0.2, -0.15) is 5.10 Å². The first-order valence-electron chi connectivity index (χ1n) is 16.0. The fourth-order valence-electron chi connectivity index (χ4n) is 5.04. The van der Waals surface area contributed by atoms with E-state index in [1.165, 1.54) is 0 Å². The predicted octanol–water partition coefficient (Wildman–Crippen LogP) is 9.20. The Morgan fingerprint density at radius 1 is 0.854 bits per heavy atom. The molecular weight excluding hydrogens is 604 g/mol. The lowest BCUT2D eigenvalue weighted by Crippen LogP contribution is -2.27. The molecule has 0 saturated carbocycles. The van der Waals surface area contributed by atoms with Gasteiger partial charge in [-0.1, -0.05) is 69.7 Å². The van der Waals surface area contributed by atoms with E-state index < -0.39 is 11.7 Å². The highest BCUT2D eigenvalue weighted by Crippen LogP contribution is 2.33. The molecule has 0 spiro atoms. The van der Waals surface area contributed by atoms with Crippen molar-refractivity contribution in [1.29, 1.82) is 0 Å². The average molecular weight is 649 g/mol. The van der Waals surface area contributed by atoms with E-state index in [1.54, 1.807) is 10.9 Å². The van der Waals surface area contributed by atoms with Crippen LogP contribution in [0.5, 0.6) is 5.75 Å². The Morgan fingerprint density at radius 2 is 1.56 bits per heavy atom. The summed E-state index contributed by atoms with van der Waals surface area (Å²) in [5.41, 5.74) is 3.65. The maximum absolute atomic E-state index is 13.4. The van der Waals surface area contributed by atoms with Crippen LogP contribution in [0.4, 0.5) is 26.9 Å². The smallest absolute Gasteiger partial charge is 0.413 e. The Morgan fingerprint density at radius 3 is 2.25 bits per heavy atom. The minimum absolute atomic E-state index is 0.00843. The van der Waals surface area contributed by atoms with Gasteiger partial charge in [-0.05, 0) is 69.7 Å². The molecule has 5 aromatic rings. The first-order valence-corrected chi connectivity index (χ1v) is 16.0. The number of amides is 3. The van der Waals surface area contributed by atoms with Gasteiger partial charge in [0.2, 0.25) is 0 Å². The minimum Gasteiger partial charge on any atom is -0.492 e. The van der Waals surface area contributed by atoms with Gasteiger partial charge in [0.15, 0.2) is 0 Å². The van der Waals surface area contributed by atoms with E-state index in [4.69, 9.17) is 14.6 Å². The molecule has 10 nitrogen and oxygen atoms in total. The molecular formula is C38H44N6O4. The van der Waals surface area contributed by atoms with E-state index in [0.29, 0.717) is 29.7 Å². The molecule has 10 heteroatoms. The van der Waals surface area contributed by atoms with Crippen molar-refractivity contribution in [1.82, 2.24) is 14.8 Å². The van der Waals surface area contributed by atoms with Crippen molar-refractivity contribution >= 4 is 40.2 Å². The molecule has 3 N–H and O–H groups in total. The summed E-state index contributed by atoms with van der Waals surface area (Å²) in [6, 6.07) is 24.7. The first kappa shape index (κ1) is 34.0. The summed E-state index contributed by atoms with van der Waals surface area (Å²) >= 11 is 0. The number of pyridine rings is 1. The van der Waals surface area contributed by atoms with Crippen LogP contribution < -0.4 is 20.7 Å². The number of aryl methyl sites for hydroxylation is 1. The van der Waals surface area contributed by atoms with Crippen LogP contribution in [0.25, 0.3) is 16.5 Å². The first-order chi connectivity index (χ1) is 22.7. The molecule has 2 aromatic heterocycles. The Kier molecular flexibility index (Phi) is 9.74. The largest absolute Gasteiger partial charge is 0.492 e. The van der Waals surface area contributed by atoms with E-state index >= 15 is 0 Å². The third-order valence-electron chi connectivity index (χ3n) is 7.60. The van der Waals surface area contributed by atoms with Crippen molar-refractivity contribution in [2.45, 2.75) is 72.3 Å². The summed E-state index contributed by atoms with van der Waals surface area (Å²) < 4.78 is 13.4. The molecule has 0 aliphatic rings. The van der Waals surface area contributed by atoms with Gasteiger partial charge in [0, 0.05) is 34.4 Å². The zero-order valence-corrected chi connectivity index (χ0v) is 28.8. The van der Waals surface area contributed by atoms with Gasteiger partial charge in [0.25, 0.3) is 0 Å². The van der Waals surface area contributed by atoms with Crippen molar-refractivity contribution in [3.63, 3.8) is 0 Å². The van der Waals surface area contributed by atoms with Gasteiger partial charge < -0.3 is 14.8 Å². The number of nitrogens with zero attached hydrogens (tertiary/aromatic N) is 3. The molecule has 3 aromatic carbocycles. The van der Waals surface area contributed by atoms with Crippen molar-refractivity contribution in [3.05, 3.63) is 102 Å². The molecule has 250 valence electrons. The number of ether oxygens (including phenoxy) is 2. The van der Waals surface area contributed by atoms with Crippen LogP contribution in [0.2, 0.25) is 0 Å². The lowest BCUT2D eigenvalue weighted by Gasteiger charge is -2.20. The molecule has 2 heterocycles. The van der Waals surface area contributed by atoms with E-state index in [9.17, 15) is 9.59 Å². The number of aromatic nitrogens is 3. The highest BCUT2D eigenvalue weighted by molar-refractivity contribution is 6.07.